The summed E-state index contributed by atoms with van der Waals surface area (Å²) in [6, 6.07) is 11.7. The molecule has 2 aliphatic rings. The molecule has 36 heavy (non-hydrogen) atoms. The maximum absolute atomic E-state index is 13.7. The topological polar surface area (TPSA) is 117 Å². The van der Waals surface area contributed by atoms with E-state index in [1.54, 1.807) is 40.2 Å². The monoisotopic (exact) mass is 492 g/mol. The lowest BCUT2D eigenvalue weighted by Crippen LogP contribution is -2.36. The normalized spacial score (nSPS) is 19.4. The van der Waals surface area contributed by atoms with Crippen molar-refractivity contribution < 1.29 is 28.7 Å². The maximum Gasteiger partial charge on any atom is 0.336 e. The molecule has 0 amide bonds. The molecule has 0 radical (unpaired) electrons. The average Bonchev–Trinajstić information content (AvgIpc) is 2.87. The summed E-state index contributed by atoms with van der Waals surface area (Å²) in [6.07, 6.45) is 0.742. The SMILES string of the molecule is CCOC(=O)C1=C(C)NC2=C(C(=O)C[C@H](c3ccc(OC)c(OC)c3)C2)[C@H]1c1cccc([N+](=O)[O-])c1. The van der Waals surface area contributed by atoms with Crippen molar-refractivity contribution in [2.24, 2.45) is 0 Å². The summed E-state index contributed by atoms with van der Waals surface area (Å²) in [4.78, 5) is 37.6. The largest absolute Gasteiger partial charge is 0.493 e. The number of methoxy groups -OCH3 is 2. The van der Waals surface area contributed by atoms with Crippen LogP contribution in [0.5, 0.6) is 11.5 Å². The number of dihydropyridines is 1. The summed E-state index contributed by atoms with van der Waals surface area (Å²) in [5.41, 5.74) is 3.31. The zero-order chi connectivity index (χ0) is 26.0. The van der Waals surface area contributed by atoms with Crippen LogP contribution in [-0.4, -0.2) is 37.5 Å². The number of benzene rings is 2. The van der Waals surface area contributed by atoms with Crippen molar-refractivity contribution in [1.82, 2.24) is 5.32 Å². The van der Waals surface area contributed by atoms with Gasteiger partial charge in [-0.1, -0.05) is 18.2 Å². The first-order chi connectivity index (χ1) is 17.3. The van der Waals surface area contributed by atoms with Crippen LogP contribution in [0, 0.1) is 10.1 Å². The molecular formula is C27H28N2O7. The van der Waals surface area contributed by atoms with Gasteiger partial charge in [-0.3, -0.25) is 14.9 Å². The quantitative estimate of drug-likeness (QED) is 0.340. The van der Waals surface area contributed by atoms with Gasteiger partial charge in [0.05, 0.1) is 31.3 Å². The summed E-state index contributed by atoms with van der Waals surface area (Å²) < 4.78 is 16.1. The fourth-order valence-corrected chi connectivity index (χ4v) is 5.01. The van der Waals surface area contributed by atoms with Crippen LogP contribution in [-0.2, 0) is 14.3 Å². The van der Waals surface area contributed by atoms with Gasteiger partial charge < -0.3 is 19.5 Å². The standard InChI is InChI=1S/C27H28N2O7/c1-5-36-27(31)24-15(2)28-20-12-18(16-9-10-22(34-3)23(14-16)35-4)13-21(30)26(20)25(24)17-7-6-8-19(11-17)29(32)33/h6-11,14,18,25,28H,5,12-13H2,1-4H3/t18-,25+/m1/s1. The Morgan fingerprint density at radius 1 is 1.08 bits per heavy atom. The van der Waals surface area contributed by atoms with Gasteiger partial charge in [-0.2, -0.15) is 0 Å². The van der Waals surface area contributed by atoms with Crippen molar-refractivity contribution in [3.63, 3.8) is 0 Å². The first-order valence-corrected chi connectivity index (χ1v) is 11.7. The zero-order valence-electron chi connectivity index (χ0n) is 20.6. The van der Waals surface area contributed by atoms with Crippen LogP contribution < -0.4 is 14.8 Å². The molecule has 1 heterocycles. The number of rotatable bonds is 7. The van der Waals surface area contributed by atoms with Gasteiger partial charge in [0, 0.05) is 41.4 Å². The number of ketones is 1. The van der Waals surface area contributed by atoms with E-state index in [0.29, 0.717) is 40.5 Å². The summed E-state index contributed by atoms with van der Waals surface area (Å²) in [7, 11) is 3.13. The number of ether oxygens (including phenoxy) is 3. The van der Waals surface area contributed by atoms with E-state index in [0.717, 1.165) is 5.56 Å². The summed E-state index contributed by atoms with van der Waals surface area (Å²) in [5, 5.41) is 14.7. The highest BCUT2D eigenvalue weighted by molar-refractivity contribution is 6.04. The summed E-state index contributed by atoms with van der Waals surface area (Å²) >= 11 is 0. The number of hydrogen-bond donors (Lipinski definition) is 1. The molecule has 1 aliphatic carbocycles. The molecule has 0 aromatic heterocycles. The number of carbonyl (C=O) groups is 2. The van der Waals surface area contributed by atoms with E-state index >= 15 is 0 Å². The number of nitrogens with zero attached hydrogens (tertiary/aromatic N) is 1. The minimum Gasteiger partial charge on any atom is -0.493 e. The highest BCUT2D eigenvalue weighted by Gasteiger charge is 2.41. The Morgan fingerprint density at radius 3 is 2.50 bits per heavy atom. The third-order valence-electron chi connectivity index (χ3n) is 6.62. The minimum absolute atomic E-state index is 0.111. The molecule has 0 unspecified atom stereocenters. The molecule has 0 fully saturated rings. The van der Waals surface area contributed by atoms with Crippen LogP contribution >= 0.6 is 0 Å². The van der Waals surface area contributed by atoms with Crippen LogP contribution in [0.4, 0.5) is 5.69 Å². The van der Waals surface area contributed by atoms with E-state index in [4.69, 9.17) is 14.2 Å². The molecule has 0 bridgehead atoms. The number of esters is 1. The minimum atomic E-state index is -0.765. The van der Waals surface area contributed by atoms with Crippen molar-refractivity contribution in [2.75, 3.05) is 20.8 Å². The second-order valence-corrected chi connectivity index (χ2v) is 8.70. The first-order valence-electron chi connectivity index (χ1n) is 11.7. The molecule has 0 spiro atoms. The third-order valence-corrected chi connectivity index (χ3v) is 6.62. The molecule has 0 saturated heterocycles. The van der Waals surface area contributed by atoms with Crippen molar-refractivity contribution >= 4 is 17.4 Å². The summed E-state index contributed by atoms with van der Waals surface area (Å²) in [6.45, 7) is 3.62. The van der Waals surface area contributed by atoms with E-state index < -0.39 is 16.8 Å². The Labute approximate surface area is 208 Å². The van der Waals surface area contributed by atoms with Crippen LogP contribution in [0.2, 0.25) is 0 Å². The third kappa shape index (κ3) is 4.56. The molecule has 4 rings (SSSR count). The molecular weight excluding hydrogens is 464 g/mol. The van der Waals surface area contributed by atoms with Gasteiger partial charge in [0.2, 0.25) is 0 Å². The van der Waals surface area contributed by atoms with E-state index in [2.05, 4.69) is 5.32 Å². The lowest BCUT2D eigenvalue weighted by Gasteiger charge is -2.36. The number of hydrogen-bond acceptors (Lipinski definition) is 8. The number of nitro groups is 1. The van der Waals surface area contributed by atoms with Crippen molar-refractivity contribution in [2.45, 2.75) is 38.5 Å². The van der Waals surface area contributed by atoms with Crippen LogP contribution in [0.1, 0.15) is 49.7 Å². The average molecular weight is 493 g/mol. The smallest absolute Gasteiger partial charge is 0.336 e. The second kappa shape index (κ2) is 10.2. The van der Waals surface area contributed by atoms with Gasteiger partial charge in [0.15, 0.2) is 17.3 Å². The van der Waals surface area contributed by atoms with Gasteiger partial charge >= 0.3 is 5.97 Å². The zero-order valence-corrected chi connectivity index (χ0v) is 20.6. The van der Waals surface area contributed by atoms with Gasteiger partial charge in [-0.25, -0.2) is 4.79 Å². The number of non-ortho nitro benzene ring substituents is 1. The van der Waals surface area contributed by atoms with Crippen LogP contribution in [0.15, 0.2) is 65.0 Å². The fourth-order valence-electron chi connectivity index (χ4n) is 5.01. The van der Waals surface area contributed by atoms with Crippen molar-refractivity contribution in [1.29, 1.82) is 0 Å². The Hall–Kier alpha value is -4.14. The van der Waals surface area contributed by atoms with E-state index in [-0.39, 0.29) is 36.0 Å². The lowest BCUT2D eigenvalue weighted by molar-refractivity contribution is -0.384. The molecule has 1 N–H and O–H groups in total. The van der Waals surface area contributed by atoms with E-state index in [1.165, 1.54) is 12.1 Å². The molecule has 9 nitrogen and oxygen atoms in total. The number of nitrogens with one attached hydrogen (secondary N) is 1. The Morgan fingerprint density at radius 2 is 1.83 bits per heavy atom. The highest BCUT2D eigenvalue weighted by atomic mass is 16.6. The second-order valence-electron chi connectivity index (χ2n) is 8.70. The van der Waals surface area contributed by atoms with Gasteiger partial charge in [-0.15, -0.1) is 0 Å². The van der Waals surface area contributed by atoms with Gasteiger partial charge in [-0.05, 0) is 49.4 Å². The van der Waals surface area contributed by atoms with Gasteiger partial charge in [0.25, 0.3) is 5.69 Å². The van der Waals surface area contributed by atoms with Gasteiger partial charge in [0.1, 0.15) is 0 Å². The lowest BCUT2D eigenvalue weighted by atomic mass is 9.71. The Kier molecular flexibility index (Phi) is 7.10. The highest BCUT2D eigenvalue weighted by Crippen LogP contribution is 2.46. The van der Waals surface area contributed by atoms with E-state index in [1.807, 2.05) is 18.2 Å². The molecule has 188 valence electrons. The number of carbonyl (C=O) groups excluding carboxylic acids is 2. The Bertz CT molecular complexity index is 1290. The molecule has 2 aromatic carbocycles. The molecule has 1 aliphatic heterocycles. The van der Waals surface area contributed by atoms with Crippen molar-refractivity contribution in [3.8, 4) is 11.5 Å². The predicted octanol–water partition coefficient (Wildman–Crippen LogP) is 4.54. The Balaban J connectivity index is 1.80. The maximum atomic E-state index is 13.7. The summed E-state index contributed by atoms with van der Waals surface area (Å²) in [5.74, 6) is -0.392. The molecule has 2 atom stereocenters. The van der Waals surface area contributed by atoms with Crippen LogP contribution in [0.3, 0.4) is 0 Å². The molecule has 2 aromatic rings. The van der Waals surface area contributed by atoms with Crippen LogP contribution in [0.25, 0.3) is 0 Å². The fraction of sp³-hybridized carbons (Fsp3) is 0.333. The number of Topliss-reactive ketones (excluding diaryl/α,β-unsaturated/α-hetero) is 1. The van der Waals surface area contributed by atoms with E-state index in [9.17, 15) is 19.7 Å². The molecule has 9 heteroatoms. The molecule has 0 saturated carbocycles. The number of nitro benzene ring substituents is 1. The van der Waals surface area contributed by atoms with Crippen molar-refractivity contribution in [3.05, 3.63) is 86.2 Å². The number of allylic oxidation sites excluding steroid dienone is 3. The predicted molar refractivity (Wildman–Crippen MR) is 132 cm³/mol. The first kappa shape index (κ1) is 25.0.